The van der Waals surface area contributed by atoms with Crippen molar-refractivity contribution in [1.29, 1.82) is 0 Å². The molecule has 0 fully saturated rings. The monoisotopic (exact) mass is 279 g/mol. The average molecular weight is 279 g/mol. The number of carbonyl (C=O) groups is 1. The Kier molecular flexibility index (Phi) is 3.22. The smallest absolute Gasteiger partial charge is 0.278 e. The molecular formula is C17H17N3O. The van der Waals surface area contributed by atoms with Crippen LogP contribution in [0.25, 0.3) is 5.65 Å². The van der Waals surface area contributed by atoms with Gasteiger partial charge in [-0.15, -0.1) is 0 Å². The Labute approximate surface area is 123 Å². The summed E-state index contributed by atoms with van der Waals surface area (Å²) >= 11 is 0. The molecule has 106 valence electrons. The van der Waals surface area contributed by atoms with E-state index in [2.05, 4.69) is 11.1 Å². The maximum Gasteiger partial charge on any atom is 0.278 e. The van der Waals surface area contributed by atoms with Gasteiger partial charge in [-0.3, -0.25) is 4.79 Å². The van der Waals surface area contributed by atoms with E-state index in [4.69, 9.17) is 0 Å². The number of fused-ring (bicyclic) bond motifs is 1. The van der Waals surface area contributed by atoms with Crippen LogP contribution >= 0.6 is 0 Å². The molecule has 2 heterocycles. The number of anilines is 1. The molecule has 1 aromatic carbocycles. The van der Waals surface area contributed by atoms with E-state index in [0.717, 1.165) is 22.5 Å². The molecule has 1 amide bonds. The Morgan fingerprint density at radius 1 is 1.14 bits per heavy atom. The number of rotatable bonds is 2. The zero-order valence-corrected chi connectivity index (χ0v) is 12.4. The summed E-state index contributed by atoms with van der Waals surface area (Å²) in [6.45, 7) is 4.06. The highest BCUT2D eigenvalue weighted by Gasteiger charge is 2.17. The summed E-state index contributed by atoms with van der Waals surface area (Å²) in [6.07, 6.45) is 3.65. The number of aryl methyl sites for hydroxylation is 2. The number of hydrogen-bond donors (Lipinski definition) is 0. The summed E-state index contributed by atoms with van der Waals surface area (Å²) in [5.41, 5.74) is 4.38. The van der Waals surface area contributed by atoms with Crippen LogP contribution in [-0.2, 0) is 0 Å². The van der Waals surface area contributed by atoms with Gasteiger partial charge in [0.15, 0.2) is 0 Å². The number of pyridine rings is 1. The number of nitrogens with zero attached hydrogens (tertiary/aromatic N) is 3. The van der Waals surface area contributed by atoms with Crippen molar-refractivity contribution in [3.8, 4) is 0 Å². The average Bonchev–Trinajstić information content (AvgIpc) is 2.88. The maximum absolute atomic E-state index is 12.6. The molecule has 0 aliphatic rings. The number of carbonyl (C=O) groups excluding carboxylic acids is 1. The molecule has 0 aliphatic carbocycles. The van der Waals surface area contributed by atoms with Gasteiger partial charge in [0.05, 0.1) is 0 Å². The van der Waals surface area contributed by atoms with E-state index in [9.17, 15) is 4.79 Å². The quantitative estimate of drug-likeness (QED) is 0.722. The van der Waals surface area contributed by atoms with E-state index < -0.39 is 0 Å². The number of aromatic nitrogens is 2. The van der Waals surface area contributed by atoms with Gasteiger partial charge in [-0.2, -0.15) is 0 Å². The van der Waals surface area contributed by atoms with Crippen molar-refractivity contribution < 1.29 is 4.79 Å². The van der Waals surface area contributed by atoms with Gasteiger partial charge >= 0.3 is 0 Å². The molecule has 0 bridgehead atoms. The molecule has 4 heteroatoms. The normalized spacial score (nSPS) is 10.8. The van der Waals surface area contributed by atoms with Crippen molar-refractivity contribution in [2.24, 2.45) is 0 Å². The van der Waals surface area contributed by atoms with Gasteiger partial charge in [0, 0.05) is 25.1 Å². The Morgan fingerprint density at radius 2 is 1.86 bits per heavy atom. The van der Waals surface area contributed by atoms with Crippen molar-refractivity contribution in [3.05, 3.63) is 65.6 Å². The lowest BCUT2D eigenvalue weighted by molar-refractivity contribution is 0.0989. The molecule has 0 radical (unpaired) electrons. The van der Waals surface area contributed by atoms with Crippen molar-refractivity contribution in [1.82, 2.24) is 9.38 Å². The Hall–Kier alpha value is -2.62. The van der Waals surface area contributed by atoms with Crippen LogP contribution in [-0.4, -0.2) is 22.3 Å². The second-order valence-electron chi connectivity index (χ2n) is 5.30. The van der Waals surface area contributed by atoms with Crippen LogP contribution in [0.2, 0.25) is 0 Å². The van der Waals surface area contributed by atoms with E-state index in [0.29, 0.717) is 5.69 Å². The third-order valence-corrected chi connectivity index (χ3v) is 3.48. The molecule has 0 saturated carbocycles. The van der Waals surface area contributed by atoms with Crippen molar-refractivity contribution in [2.45, 2.75) is 13.8 Å². The van der Waals surface area contributed by atoms with Gasteiger partial charge < -0.3 is 9.30 Å². The summed E-state index contributed by atoms with van der Waals surface area (Å²) in [7, 11) is 1.78. The van der Waals surface area contributed by atoms with E-state index in [1.54, 1.807) is 18.1 Å². The van der Waals surface area contributed by atoms with Gasteiger partial charge in [-0.1, -0.05) is 12.1 Å². The topological polar surface area (TPSA) is 37.6 Å². The summed E-state index contributed by atoms with van der Waals surface area (Å²) in [4.78, 5) is 18.6. The molecule has 4 nitrogen and oxygen atoms in total. The largest absolute Gasteiger partial charge is 0.310 e. The zero-order valence-electron chi connectivity index (χ0n) is 12.4. The van der Waals surface area contributed by atoms with Gasteiger partial charge in [0.25, 0.3) is 5.91 Å². The molecule has 2 aromatic heterocycles. The third kappa shape index (κ3) is 2.52. The van der Waals surface area contributed by atoms with E-state index in [-0.39, 0.29) is 5.91 Å². The van der Waals surface area contributed by atoms with Crippen LogP contribution in [0.3, 0.4) is 0 Å². The second-order valence-corrected chi connectivity index (χ2v) is 5.30. The molecule has 0 spiro atoms. The van der Waals surface area contributed by atoms with Crippen molar-refractivity contribution >= 4 is 17.2 Å². The van der Waals surface area contributed by atoms with Crippen LogP contribution in [0.1, 0.15) is 21.6 Å². The summed E-state index contributed by atoms with van der Waals surface area (Å²) in [5.74, 6) is -0.108. The lowest BCUT2D eigenvalue weighted by Gasteiger charge is -2.17. The molecule has 3 aromatic rings. The predicted octanol–water partition coefficient (Wildman–Crippen LogP) is 3.23. The molecule has 0 aliphatic heterocycles. The highest BCUT2D eigenvalue weighted by Crippen LogP contribution is 2.19. The molecule has 3 rings (SSSR count). The highest BCUT2D eigenvalue weighted by molar-refractivity contribution is 6.04. The summed E-state index contributed by atoms with van der Waals surface area (Å²) < 4.78 is 1.85. The van der Waals surface area contributed by atoms with Crippen LogP contribution in [0.5, 0.6) is 0 Å². The Bertz CT molecular complexity index is 767. The van der Waals surface area contributed by atoms with E-state index >= 15 is 0 Å². The third-order valence-electron chi connectivity index (χ3n) is 3.48. The Balaban J connectivity index is 1.96. The first-order chi connectivity index (χ1) is 10.0. The fraction of sp³-hybridized carbons (Fsp3) is 0.176. The van der Waals surface area contributed by atoms with Gasteiger partial charge in [0.2, 0.25) is 0 Å². The SMILES string of the molecule is Cc1cc(C)cc(N(C)C(=O)c2cn3ccccc3n2)c1. The number of hydrogen-bond acceptors (Lipinski definition) is 2. The second kappa shape index (κ2) is 5.05. The van der Waals surface area contributed by atoms with Gasteiger partial charge in [0.1, 0.15) is 11.3 Å². The summed E-state index contributed by atoms with van der Waals surface area (Å²) in [5, 5.41) is 0. The van der Waals surface area contributed by atoms with Crippen molar-refractivity contribution in [2.75, 3.05) is 11.9 Å². The molecule has 0 N–H and O–H groups in total. The molecule has 0 unspecified atom stereocenters. The minimum atomic E-state index is -0.108. The molecular weight excluding hydrogens is 262 g/mol. The lowest BCUT2D eigenvalue weighted by atomic mass is 10.1. The molecule has 21 heavy (non-hydrogen) atoms. The van der Waals surface area contributed by atoms with Crippen LogP contribution < -0.4 is 4.90 Å². The minimum Gasteiger partial charge on any atom is -0.310 e. The lowest BCUT2D eigenvalue weighted by Crippen LogP contribution is -2.26. The molecule has 0 saturated heterocycles. The minimum absolute atomic E-state index is 0.108. The first kappa shape index (κ1) is 13.4. The first-order valence-corrected chi connectivity index (χ1v) is 6.85. The fourth-order valence-electron chi connectivity index (χ4n) is 2.47. The molecule has 0 atom stereocenters. The summed E-state index contributed by atoms with van der Waals surface area (Å²) in [6, 6.07) is 11.8. The fourth-order valence-corrected chi connectivity index (χ4v) is 2.47. The number of amides is 1. The standard InChI is InChI=1S/C17H17N3O/c1-12-8-13(2)10-14(9-12)19(3)17(21)15-11-20-7-5-4-6-16(20)18-15/h4-11H,1-3H3. The highest BCUT2D eigenvalue weighted by atomic mass is 16.2. The van der Waals surface area contributed by atoms with Gasteiger partial charge in [-0.25, -0.2) is 4.98 Å². The van der Waals surface area contributed by atoms with Crippen LogP contribution in [0.15, 0.2) is 48.8 Å². The predicted molar refractivity (Wildman–Crippen MR) is 83.8 cm³/mol. The van der Waals surface area contributed by atoms with Crippen LogP contribution in [0.4, 0.5) is 5.69 Å². The maximum atomic E-state index is 12.6. The number of benzene rings is 1. The first-order valence-electron chi connectivity index (χ1n) is 6.85. The van der Waals surface area contributed by atoms with E-state index in [1.165, 1.54) is 0 Å². The van der Waals surface area contributed by atoms with E-state index in [1.807, 2.05) is 54.8 Å². The van der Waals surface area contributed by atoms with Crippen molar-refractivity contribution in [3.63, 3.8) is 0 Å². The number of imidazole rings is 1. The Morgan fingerprint density at radius 3 is 2.52 bits per heavy atom. The zero-order chi connectivity index (χ0) is 15.0. The van der Waals surface area contributed by atoms with Gasteiger partial charge in [-0.05, 0) is 49.2 Å². The van der Waals surface area contributed by atoms with Crippen LogP contribution in [0, 0.1) is 13.8 Å².